The Morgan fingerprint density at radius 2 is 0.833 bits per heavy atom. The van der Waals surface area contributed by atoms with E-state index in [4.69, 9.17) is 24.4 Å². The van der Waals surface area contributed by atoms with E-state index < -0.39 is 0 Å². The molecule has 0 bridgehead atoms. The molecule has 2 fully saturated rings. The van der Waals surface area contributed by atoms with Crippen molar-refractivity contribution in [3.63, 3.8) is 0 Å². The number of hydrogen-bond acceptors (Lipinski definition) is 6. The summed E-state index contributed by atoms with van der Waals surface area (Å²) in [6.07, 6.45) is 18.9. The van der Waals surface area contributed by atoms with Crippen molar-refractivity contribution in [1.82, 2.24) is 9.80 Å². The van der Waals surface area contributed by atoms with Gasteiger partial charge in [0.1, 0.15) is 8.64 Å². The molecule has 0 amide bonds. The SMILES string of the molecule is S=C(SSCCCCCCCCSSC(=S)N1CCCCCC1)N1CCCCCC1. The second-order valence-electron chi connectivity index (χ2n) is 8.27. The van der Waals surface area contributed by atoms with Crippen molar-refractivity contribution in [1.29, 1.82) is 0 Å². The van der Waals surface area contributed by atoms with E-state index in [0.29, 0.717) is 0 Å². The van der Waals surface area contributed by atoms with Crippen molar-refractivity contribution >= 4 is 76.3 Å². The van der Waals surface area contributed by atoms with Crippen LogP contribution in [0, 0.1) is 0 Å². The topological polar surface area (TPSA) is 6.48 Å². The van der Waals surface area contributed by atoms with Crippen LogP contribution in [0.25, 0.3) is 0 Å². The van der Waals surface area contributed by atoms with Crippen LogP contribution in [0.3, 0.4) is 0 Å². The monoisotopic (exact) mass is 524 g/mol. The minimum atomic E-state index is 1.12. The Labute approximate surface area is 212 Å². The van der Waals surface area contributed by atoms with E-state index in [9.17, 15) is 0 Å². The molecule has 2 heterocycles. The molecule has 0 atom stereocenters. The summed E-state index contributed by atoms with van der Waals surface area (Å²) in [6.45, 7) is 4.70. The number of thiocarbonyl (C=S) groups is 2. The maximum absolute atomic E-state index is 5.62. The van der Waals surface area contributed by atoms with Crippen LogP contribution in [-0.4, -0.2) is 56.1 Å². The highest BCUT2D eigenvalue weighted by Gasteiger charge is 2.13. The molecular weight excluding hydrogens is 485 g/mol. The van der Waals surface area contributed by atoms with Crippen LogP contribution in [0.4, 0.5) is 0 Å². The average Bonchev–Trinajstić information content (AvgIpc) is 3.19. The van der Waals surface area contributed by atoms with Crippen molar-refractivity contribution < 1.29 is 0 Å². The maximum Gasteiger partial charge on any atom is 0.147 e. The van der Waals surface area contributed by atoms with Crippen LogP contribution in [0.5, 0.6) is 0 Å². The predicted octanol–water partition coefficient (Wildman–Crippen LogP) is 8.41. The predicted molar refractivity (Wildman–Crippen MR) is 153 cm³/mol. The van der Waals surface area contributed by atoms with Gasteiger partial charge < -0.3 is 9.80 Å². The quantitative estimate of drug-likeness (QED) is 0.149. The van der Waals surface area contributed by atoms with Gasteiger partial charge in [0, 0.05) is 37.7 Å². The Hall–Kier alpha value is 1.18. The van der Waals surface area contributed by atoms with Crippen LogP contribution < -0.4 is 0 Å². The fourth-order valence-corrected chi connectivity index (χ4v) is 9.09. The van der Waals surface area contributed by atoms with Crippen LogP contribution in [0.1, 0.15) is 89.9 Å². The summed E-state index contributed by atoms with van der Waals surface area (Å²) < 4.78 is 2.24. The average molecular weight is 525 g/mol. The second kappa shape index (κ2) is 18.6. The fourth-order valence-electron chi connectivity index (χ4n) is 3.83. The molecule has 0 saturated carbocycles. The fraction of sp³-hybridized carbons (Fsp3) is 0.909. The first-order valence-electron chi connectivity index (χ1n) is 11.9. The summed E-state index contributed by atoms with van der Waals surface area (Å²) in [4.78, 5) is 4.86. The molecule has 2 aliphatic rings. The molecule has 0 aromatic carbocycles. The Bertz CT molecular complexity index is 419. The first-order chi connectivity index (χ1) is 14.8. The van der Waals surface area contributed by atoms with Gasteiger partial charge in [0.25, 0.3) is 0 Å². The summed E-state index contributed by atoms with van der Waals surface area (Å²) >= 11 is 11.2. The number of rotatable bonds is 11. The van der Waals surface area contributed by atoms with E-state index in [-0.39, 0.29) is 0 Å². The standard InChI is InChI=1S/C22H40N2S6/c25-21(23-15-9-3-4-10-16-23)29-27-19-13-7-1-2-8-14-20-28-30-22(26)24-17-11-5-6-12-18-24/h1-20H2. The van der Waals surface area contributed by atoms with Crippen molar-refractivity contribution in [2.75, 3.05) is 37.7 Å². The lowest BCUT2D eigenvalue weighted by Crippen LogP contribution is -2.27. The van der Waals surface area contributed by atoms with Crippen molar-refractivity contribution in [3.05, 3.63) is 0 Å². The summed E-state index contributed by atoms with van der Waals surface area (Å²) in [5.41, 5.74) is 0. The van der Waals surface area contributed by atoms with Gasteiger partial charge in [-0.05, 0) is 60.1 Å². The molecule has 2 aliphatic heterocycles. The Morgan fingerprint density at radius 3 is 1.20 bits per heavy atom. The van der Waals surface area contributed by atoms with Gasteiger partial charge in [0.2, 0.25) is 0 Å². The highest BCUT2D eigenvalue weighted by molar-refractivity contribution is 8.84. The van der Waals surface area contributed by atoms with Gasteiger partial charge in [-0.1, -0.05) is 97.4 Å². The van der Waals surface area contributed by atoms with E-state index >= 15 is 0 Å². The van der Waals surface area contributed by atoms with Gasteiger partial charge in [-0.2, -0.15) is 0 Å². The van der Waals surface area contributed by atoms with Gasteiger partial charge in [-0.15, -0.1) is 0 Å². The van der Waals surface area contributed by atoms with Gasteiger partial charge in [0.05, 0.1) is 0 Å². The number of likely N-dealkylation sites (tertiary alicyclic amines) is 2. The third-order valence-electron chi connectivity index (χ3n) is 5.69. The number of unbranched alkanes of at least 4 members (excludes halogenated alkanes) is 5. The van der Waals surface area contributed by atoms with E-state index in [1.165, 1.54) is 128 Å². The highest BCUT2D eigenvalue weighted by Crippen LogP contribution is 2.29. The molecule has 174 valence electrons. The molecule has 0 radical (unpaired) electrons. The number of nitrogens with zero attached hydrogens (tertiary/aromatic N) is 2. The first kappa shape index (κ1) is 27.4. The zero-order valence-electron chi connectivity index (χ0n) is 18.5. The molecule has 2 rings (SSSR count). The van der Waals surface area contributed by atoms with Crippen LogP contribution in [0.15, 0.2) is 0 Å². The van der Waals surface area contributed by atoms with Crippen molar-refractivity contribution in [2.24, 2.45) is 0 Å². The molecule has 2 saturated heterocycles. The normalized spacial score (nSPS) is 18.1. The summed E-state index contributed by atoms with van der Waals surface area (Å²) in [6, 6.07) is 0. The van der Waals surface area contributed by atoms with E-state index in [2.05, 4.69) is 9.80 Å². The molecule has 0 aromatic heterocycles. The Morgan fingerprint density at radius 1 is 0.500 bits per heavy atom. The molecule has 0 unspecified atom stereocenters. The molecule has 0 N–H and O–H groups in total. The minimum Gasteiger partial charge on any atom is -0.357 e. The van der Waals surface area contributed by atoms with Crippen LogP contribution >= 0.6 is 67.6 Å². The molecule has 2 nitrogen and oxygen atoms in total. The Balaban J connectivity index is 1.33. The second-order valence-corrected chi connectivity index (χ2v) is 14.4. The zero-order valence-corrected chi connectivity index (χ0v) is 23.4. The van der Waals surface area contributed by atoms with Gasteiger partial charge in [0.15, 0.2) is 0 Å². The largest absolute Gasteiger partial charge is 0.357 e. The van der Waals surface area contributed by atoms with Gasteiger partial charge in [-0.25, -0.2) is 0 Å². The summed E-state index contributed by atoms with van der Waals surface area (Å²) in [7, 11) is 7.60. The lowest BCUT2D eigenvalue weighted by molar-refractivity contribution is 0.450. The van der Waals surface area contributed by atoms with Crippen molar-refractivity contribution in [2.45, 2.75) is 89.9 Å². The minimum absolute atomic E-state index is 1.12. The summed E-state index contributed by atoms with van der Waals surface area (Å²) in [5, 5.41) is 0. The maximum atomic E-state index is 5.62. The van der Waals surface area contributed by atoms with Crippen LogP contribution in [-0.2, 0) is 0 Å². The molecule has 30 heavy (non-hydrogen) atoms. The smallest absolute Gasteiger partial charge is 0.147 e. The lowest BCUT2D eigenvalue weighted by Gasteiger charge is -2.21. The van der Waals surface area contributed by atoms with Gasteiger partial charge in [-0.3, -0.25) is 0 Å². The first-order valence-corrected chi connectivity index (χ1v) is 17.4. The third-order valence-corrected chi connectivity index (χ3v) is 11.9. The molecule has 0 spiro atoms. The Kier molecular flexibility index (Phi) is 17.0. The van der Waals surface area contributed by atoms with Crippen molar-refractivity contribution in [3.8, 4) is 0 Å². The molecule has 0 aliphatic carbocycles. The van der Waals surface area contributed by atoms with Crippen LogP contribution in [0.2, 0.25) is 0 Å². The lowest BCUT2D eigenvalue weighted by atomic mass is 10.1. The summed E-state index contributed by atoms with van der Waals surface area (Å²) in [5.74, 6) is 2.47. The molecular formula is C22H40N2S6. The highest BCUT2D eigenvalue weighted by atomic mass is 33.1. The third kappa shape index (κ3) is 13.0. The number of hydrogen-bond donors (Lipinski definition) is 0. The van der Waals surface area contributed by atoms with E-state index in [1.807, 2.05) is 43.2 Å². The van der Waals surface area contributed by atoms with E-state index in [1.54, 1.807) is 0 Å². The zero-order chi connectivity index (χ0) is 21.3. The molecule has 0 aromatic rings. The molecule has 8 heteroatoms. The van der Waals surface area contributed by atoms with E-state index in [0.717, 1.165) is 8.64 Å². The van der Waals surface area contributed by atoms with Gasteiger partial charge >= 0.3 is 0 Å².